The summed E-state index contributed by atoms with van der Waals surface area (Å²) in [5.74, 6) is 0.661. The Kier molecular flexibility index (Phi) is 3.62. The Labute approximate surface area is 121 Å². The van der Waals surface area contributed by atoms with Crippen molar-refractivity contribution in [2.45, 2.75) is 39.5 Å². The van der Waals surface area contributed by atoms with E-state index in [0.717, 1.165) is 13.1 Å². The van der Waals surface area contributed by atoms with Gasteiger partial charge in [-0.05, 0) is 69.8 Å². The summed E-state index contributed by atoms with van der Waals surface area (Å²) in [5.41, 5.74) is 6.44. The lowest BCUT2D eigenvalue weighted by atomic mass is 9.89. The average molecular weight is 269 g/mol. The van der Waals surface area contributed by atoms with E-state index < -0.39 is 0 Å². The van der Waals surface area contributed by atoms with Gasteiger partial charge in [0.1, 0.15) is 0 Å². The highest BCUT2D eigenvalue weighted by Gasteiger charge is 2.23. The molecule has 3 nitrogen and oxygen atoms in total. The number of aryl methyl sites for hydroxylation is 2. The van der Waals surface area contributed by atoms with Crippen LogP contribution in [0.15, 0.2) is 24.3 Å². The van der Waals surface area contributed by atoms with Crippen LogP contribution in [0.3, 0.4) is 0 Å². The predicted molar refractivity (Wildman–Crippen MR) is 82.6 cm³/mol. The topological polar surface area (TPSA) is 29.9 Å². The van der Waals surface area contributed by atoms with E-state index in [1.807, 2.05) is 0 Å². The van der Waals surface area contributed by atoms with Gasteiger partial charge in [-0.1, -0.05) is 18.2 Å². The van der Waals surface area contributed by atoms with Crippen LogP contribution in [-0.2, 0) is 0 Å². The lowest BCUT2D eigenvalue weighted by Crippen LogP contribution is -2.27. The minimum atomic E-state index is 0.661. The molecule has 0 bridgehead atoms. The van der Waals surface area contributed by atoms with Crippen molar-refractivity contribution in [2.24, 2.45) is 0 Å². The van der Waals surface area contributed by atoms with E-state index >= 15 is 0 Å². The third kappa shape index (κ3) is 2.27. The molecule has 2 heterocycles. The molecule has 2 aromatic rings. The molecule has 1 saturated heterocycles. The minimum absolute atomic E-state index is 0.661. The van der Waals surface area contributed by atoms with Crippen LogP contribution in [0.5, 0.6) is 0 Å². The zero-order valence-corrected chi connectivity index (χ0v) is 12.6. The SMILES string of the molecule is Cc1ccccc1-n1nc(C)c(C2CCNCC2)c1C. The maximum atomic E-state index is 4.81. The summed E-state index contributed by atoms with van der Waals surface area (Å²) in [7, 11) is 0. The molecule has 1 aromatic heterocycles. The average Bonchev–Trinajstić information content (AvgIpc) is 2.75. The first-order valence-corrected chi connectivity index (χ1v) is 7.51. The van der Waals surface area contributed by atoms with Gasteiger partial charge >= 0.3 is 0 Å². The first-order valence-electron chi connectivity index (χ1n) is 7.51. The molecule has 106 valence electrons. The summed E-state index contributed by atoms with van der Waals surface area (Å²) >= 11 is 0. The molecule has 1 aromatic carbocycles. The highest BCUT2D eigenvalue weighted by molar-refractivity contribution is 5.43. The zero-order chi connectivity index (χ0) is 14.1. The highest BCUT2D eigenvalue weighted by Crippen LogP contribution is 2.31. The molecule has 0 saturated carbocycles. The number of nitrogens with zero attached hydrogens (tertiary/aromatic N) is 2. The van der Waals surface area contributed by atoms with E-state index in [1.54, 1.807) is 0 Å². The van der Waals surface area contributed by atoms with Crippen molar-refractivity contribution in [1.29, 1.82) is 0 Å². The number of hydrogen-bond acceptors (Lipinski definition) is 2. The lowest BCUT2D eigenvalue weighted by Gasteiger charge is -2.23. The fourth-order valence-corrected chi connectivity index (χ4v) is 3.39. The predicted octanol–water partition coefficient (Wildman–Crippen LogP) is 3.26. The molecular formula is C17H23N3. The van der Waals surface area contributed by atoms with Gasteiger partial charge in [0.15, 0.2) is 0 Å². The van der Waals surface area contributed by atoms with E-state index in [0.29, 0.717) is 5.92 Å². The van der Waals surface area contributed by atoms with Crippen molar-refractivity contribution in [3.8, 4) is 5.69 Å². The Balaban J connectivity index is 2.04. The van der Waals surface area contributed by atoms with Crippen molar-refractivity contribution in [3.05, 3.63) is 46.8 Å². The molecule has 0 atom stereocenters. The fraction of sp³-hybridized carbons (Fsp3) is 0.471. The van der Waals surface area contributed by atoms with Gasteiger partial charge in [0.2, 0.25) is 0 Å². The van der Waals surface area contributed by atoms with Crippen molar-refractivity contribution in [1.82, 2.24) is 15.1 Å². The van der Waals surface area contributed by atoms with E-state index in [4.69, 9.17) is 5.10 Å². The molecule has 1 aliphatic rings. The first-order chi connectivity index (χ1) is 9.68. The lowest BCUT2D eigenvalue weighted by molar-refractivity contribution is 0.458. The Morgan fingerprint density at radius 2 is 1.80 bits per heavy atom. The van der Waals surface area contributed by atoms with E-state index in [1.165, 1.54) is 41.0 Å². The molecule has 0 radical (unpaired) electrons. The highest BCUT2D eigenvalue weighted by atomic mass is 15.3. The van der Waals surface area contributed by atoms with E-state index in [-0.39, 0.29) is 0 Å². The number of aromatic nitrogens is 2. The molecule has 1 N–H and O–H groups in total. The molecule has 1 aliphatic heterocycles. The number of nitrogens with one attached hydrogen (secondary N) is 1. The smallest absolute Gasteiger partial charge is 0.0678 e. The summed E-state index contributed by atoms with van der Waals surface area (Å²) in [4.78, 5) is 0. The van der Waals surface area contributed by atoms with Crippen LogP contribution >= 0.6 is 0 Å². The fourth-order valence-electron chi connectivity index (χ4n) is 3.39. The van der Waals surface area contributed by atoms with E-state index in [2.05, 4.69) is 55.0 Å². The van der Waals surface area contributed by atoms with Gasteiger partial charge in [-0.3, -0.25) is 0 Å². The summed E-state index contributed by atoms with van der Waals surface area (Å²) in [6.07, 6.45) is 2.45. The van der Waals surface area contributed by atoms with Crippen LogP contribution in [0.4, 0.5) is 0 Å². The molecule has 1 fully saturated rings. The van der Waals surface area contributed by atoms with Crippen LogP contribution in [-0.4, -0.2) is 22.9 Å². The molecule has 0 unspecified atom stereocenters. The van der Waals surface area contributed by atoms with Crippen LogP contribution in [0.25, 0.3) is 5.69 Å². The summed E-state index contributed by atoms with van der Waals surface area (Å²) in [5, 5.41) is 8.26. The molecule has 0 amide bonds. The normalized spacial score (nSPS) is 16.6. The van der Waals surface area contributed by atoms with Crippen LogP contribution < -0.4 is 5.32 Å². The number of piperidine rings is 1. The number of para-hydroxylation sites is 1. The largest absolute Gasteiger partial charge is 0.317 e. The number of rotatable bonds is 2. The van der Waals surface area contributed by atoms with Crippen molar-refractivity contribution >= 4 is 0 Å². The standard InChI is InChI=1S/C17H23N3/c1-12-6-4-5-7-16(12)20-14(3)17(13(2)19-20)15-8-10-18-11-9-15/h4-7,15,18H,8-11H2,1-3H3. The Hall–Kier alpha value is -1.61. The summed E-state index contributed by atoms with van der Waals surface area (Å²) < 4.78 is 2.13. The zero-order valence-electron chi connectivity index (χ0n) is 12.6. The second kappa shape index (κ2) is 5.41. The van der Waals surface area contributed by atoms with Crippen LogP contribution in [0.1, 0.15) is 41.3 Å². The maximum Gasteiger partial charge on any atom is 0.0678 e. The third-order valence-corrected chi connectivity index (χ3v) is 4.44. The first kappa shape index (κ1) is 13.4. The van der Waals surface area contributed by atoms with Gasteiger partial charge in [-0.15, -0.1) is 0 Å². The minimum Gasteiger partial charge on any atom is -0.317 e. The van der Waals surface area contributed by atoms with Crippen LogP contribution in [0, 0.1) is 20.8 Å². The van der Waals surface area contributed by atoms with Gasteiger partial charge < -0.3 is 5.32 Å². The van der Waals surface area contributed by atoms with E-state index in [9.17, 15) is 0 Å². The number of hydrogen-bond donors (Lipinski definition) is 1. The molecule has 0 spiro atoms. The summed E-state index contributed by atoms with van der Waals surface area (Å²) in [6, 6.07) is 8.47. The Bertz CT molecular complexity index is 607. The Morgan fingerprint density at radius 1 is 1.10 bits per heavy atom. The van der Waals surface area contributed by atoms with Crippen molar-refractivity contribution in [2.75, 3.05) is 13.1 Å². The van der Waals surface area contributed by atoms with Crippen molar-refractivity contribution < 1.29 is 0 Å². The summed E-state index contributed by atoms with van der Waals surface area (Å²) in [6.45, 7) is 8.76. The quantitative estimate of drug-likeness (QED) is 0.907. The third-order valence-electron chi connectivity index (χ3n) is 4.44. The molecular weight excluding hydrogens is 246 g/mol. The second-order valence-corrected chi connectivity index (χ2v) is 5.81. The monoisotopic (exact) mass is 269 g/mol. The van der Waals surface area contributed by atoms with Crippen LogP contribution in [0.2, 0.25) is 0 Å². The van der Waals surface area contributed by atoms with Gasteiger partial charge in [-0.2, -0.15) is 5.10 Å². The number of benzene rings is 1. The molecule has 20 heavy (non-hydrogen) atoms. The second-order valence-electron chi connectivity index (χ2n) is 5.81. The Morgan fingerprint density at radius 3 is 2.50 bits per heavy atom. The van der Waals surface area contributed by atoms with Gasteiger partial charge in [0, 0.05) is 5.69 Å². The molecule has 3 rings (SSSR count). The molecule has 0 aliphatic carbocycles. The molecule has 3 heteroatoms. The van der Waals surface area contributed by atoms with Gasteiger partial charge in [-0.25, -0.2) is 4.68 Å². The van der Waals surface area contributed by atoms with Gasteiger partial charge in [0.05, 0.1) is 11.4 Å². The van der Waals surface area contributed by atoms with Crippen molar-refractivity contribution in [3.63, 3.8) is 0 Å². The maximum absolute atomic E-state index is 4.81. The van der Waals surface area contributed by atoms with Gasteiger partial charge in [0.25, 0.3) is 0 Å².